The molecule has 0 fully saturated rings. The van der Waals surface area contributed by atoms with Gasteiger partial charge in [-0.2, -0.15) is 0 Å². The van der Waals surface area contributed by atoms with E-state index in [1.54, 1.807) is 6.07 Å². The van der Waals surface area contributed by atoms with Gasteiger partial charge in [0.15, 0.2) is 0 Å². The highest BCUT2D eigenvalue weighted by atomic mass is 19.1. The quantitative estimate of drug-likeness (QED) is 0.782. The molecule has 0 atom stereocenters. The molecule has 0 saturated carbocycles. The normalized spacial score (nSPS) is 11.0. The number of rotatable bonds is 2. The minimum absolute atomic E-state index is 0.109. The predicted octanol–water partition coefficient (Wildman–Crippen LogP) is 3.66. The molecule has 2 aromatic carbocycles. The lowest BCUT2D eigenvalue weighted by Crippen LogP contribution is -2.25. The van der Waals surface area contributed by atoms with Crippen LogP contribution in [0.5, 0.6) is 0 Å². The zero-order chi connectivity index (χ0) is 17.6. The molecule has 1 N–H and O–H groups in total. The van der Waals surface area contributed by atoms with E-state index in [1.165, 1.54) is 31.3 Å². The number of aryl methyl sites for hydroxylation is 2. The Bertz CT molecular complexity index is 1030. The maximum atomic E-state index is 13.3. The monoisotopic (exact) mass is 325 g/mol. The van der Waals surface area contributed by atoms with Crippen LogP contribution >= 0.6 is 0 Å². The topological polar surface area (TPSA) is 59.3 Å². The molecule has 0 aliphatic rings. The third-order valence-electron chi connectivity index (χ3n) is 4.35. The molecule has 5 heteroatoms. The number of aromatic nitrogens is 1. The van der Waals surface area contributed by atoms with Gasteiger partial charge in [0.2, 0.25) is 0 Å². The Balaban J connectivity index is 2.57. The molecule has 4 nitrogen and oxygen atoms in total. The molecule has 122 valence electrons. The number of nitrogens with zero attached hydrogens (tertiary/aromatic N) is 1. The molecule has 0 bridgehead atoms. The number of hydrogen-bond acceptors (Lipinski definition) is 2. The molecule has 0 unspecified atom stereocenters. The summed E-state index contributed by atoms with van der Waals surface area (Å²) >= 11 is 0. The van der Waals surface area contributed by atoms with Gasteiger partial charge >= 0.3 is 5.97 Å². The van der Waals surface area contributed by atoms with Gasteiger partial charge in [0.1, 0.15) is 11.5 Å². The van der Waals surface area contributed by atoms with Gasteiger partial charge in [0, 0.05) is 18.0 Å². The van der Waals surface area contributed by atoms with Crippen molar-refractivity contribution in [3.63, 3.8) is 0 Å². The molecule has 3 aromatic rings. The van der Waals surface area contributed by atoms with Crippen molar-refractivity contribution >= 4 is 16.7 Å². The van der Waals surface area contributed by atoms with Crippen molar-refractivity contribution in [2.75, 3.05) is 0 Å². The van der Waals surface area contributed by atoms with Crippen LogP contribution in [-0.2, 0) is 7.05 Å². The van der Waals surface area contributed by atoms with Crippen molar-refractivity contribution in [1.82, 2.24) is 4.57 Å². The minimum Gasteiger partial charge on any atom is -0.477 e. The van der Waals surface area contributed by atoms with Crippen LogP contribution < -0.4 is 5.56 Å². The number of fused-ring (bicyclic) bond motifs is 1. The third kappa shape index (κ3) is 2.38. The highest BCUT2D eigenvalue weighted by molar-refractivity contribution is 6.06. The van der Waals surface area contributed by atoms with Crippen LogP contribution in [0.2, 0.25) is 0 Å². The standard InChI is InChI=1S/C19H16FNO3/c1-10-8-14-15(9-11(10)2)18(22)21(3)17(19(23)24)16(14)12-4-6-13(20)7-5-12/h4-9H,1-3H3,(H,23,24). The summed E-state index contributed by atoms with van der Waals surface area (Å²) < 4.78 is 14.4. The molecule has 0 aliphatic carbocycles. The second-order valence-corrected chi connectivity index (χ2v) is 5.88. The Labute approximate surface area is 137 Å². The minimum atomic E-state index is -1.20. The number of aromatic carboxylic acids is 1. The molecule has 0 spiro atoms. The fourth-order valence-corrected chi connectivity index (χ4v) is 2.94. The van der Waals surface area contributed by atoms with Gasteiger partial charge in [-0.05, 0) is 54.1 Å². The Morgan fingerprint density at radius 1 is 1.04 bits per heavy atom. The molecular weight excluding hydrogens is 309 g/mol. The van der Waals surface area contributed by atoms with Crippen LogP contribution in [0.4, 0.5) is 4.39 Å². The lowest BCUT2D eigenvalue weighted by Gasteiger charge is -2.16. The molecule has 0 radical (unpaired) electrons. The summed E-state index contributed by atoms with van der Waals surface area (Å²) in [6.07, 6.45) is 0. The van der Waals surface area contributed by atoms with Crippen LogP contribution in [0.15, 0.2) is 41.2 Å². The summed E-state index contributed by atoms with van der Waals surface area (Å²) in [4.78, 5) is 24.4. The van der Waals surface area contributed by atoms with E-state index in [0.29, 0.717) is 21.9 Å². The number of carboxylic acid groups (broad SMARTS) is 1. The number of benzene rings is 2. The lowest BCUT2D eigenvalue weighted by atomic mass is 9.94. The van der Waals surface area contributed by atoms with Gasteiger partial charge in [-0.15, -0.1) is 0 Å². The number of carbonyl (C=O) groups is 1. The molecular formula is C19H16FNO3. The van der Waals surface area contributed by atoms with Crippen LogP contribution in [0.1, 0.15) is 21.6 Å². The first-order valence-corrected chi connectivity index (χ1v) is 7.44. The van der Waals surface area contributed by atoms with E-state index in [2.05, 4.69) is 0 Å². The van der Waals surface area contributed by atoms with Gasteiger partial charge in [0.25, 0.3) is 5.56 Å². The molecule has 1 heterocycles. The van der Waals surface area contributed by atoms with Crippen molar-refractivity contribution in [3.05, 3.63) is 69.4 Å². The van der Waals surface area contributed by atoms with Crippen LogP contribution in [0, 0.1) is 19.7 Å². The van der Waals surface area contributed by atoms with Crippen molar-refractivity contribution in [2.45, 2.75) is 13.8 Å². The lowest BCUT2D eigenvalue weighted by molar-refractivity contribution is 0.0686. The number of halogens is 1. The van der Waals surface area contributed by atoms with Crippen LogP contribution in [-0.4, -0.2) is 15.6 Å². The van der Waals surface area contributed by atoms with E-state index in [9.17, 15) is 19.1 Å². The van der Waals surface area contributed by atoms with Crippen molar-refractivity contribution < 1.29 is 14.3 Å². The summed E-state index contributed by atoms with van der Waals surface area (Å²) in [5.41, 5.74) is 2.40. The molecule has 0 aliphatic heterocycles. The van der Waals surface area contributed by atoms with Gasteiger partial charge in [0.05, 0.1) is 0 Å². The van der Waals surface area contributed by atoms with E-state index in [4.69, 9.17) is 0 Å². The number of pyridine rings is 1. The van der Waals surface area contributed by atoms with Gasteiger partial charge in [-0.25, -0.2) is 9.18 Å². The van der Waals surface area contributed by atoms with Crippen molar-refractivity contribution in [2.24, 2.45) is 7.05 Å². The number of carboxylic acids is 1. The fourth-order valence-electron chi connectivity index (χ4n) is 2.94. The largest absolute Gasteiger partial charge is 0.477 e. The Morgan fingerprint density at radius 3 is 2.12 bits per heavy atom. The van der Waals surface area contributed by atoms with Gasteiger partial charge in [-0.3, -0.25) is 4.79 Å². The first-order chi connectivity index (χ1) is 11.3. The summed E-state index contributed by atoms with van der Waals surface area (Å²) in [5, 5.41) is 10.6. The summed E-state index contributed by atoms with van der Waals surface area (Å²) in [7, 11) is 1.44. The second-order valence-electron chi connectivity index (χ2n) is 5.88. The zero-order valence-electron chi connectivity index (χ0n) is 13.6. The smallest absolute Gasteiger partial charge is 0.353 e. The van der Waals surface area contributed by atoms with Crippen LogP contribution in [0.25, 0.3) is 21.9 Å². The van der Waals surface area contributed by atoms with Crippen molar-refractivity contribution in [3.8, 4) is 11.1 Å². The Morgan fingerprint density at radius 2 is 1.58 bits per heavy atom. The Kier molecular flexibility index (Phi) is 3.72. The van der Waals surface area contributed by atoms with Crippen molar-refractivity contribution in [1.29, 1.82) is 0 Å². The first-order valence-electron chi connectivity index (χ1n) is 7.44. The average molecular weight is 325 g/mol. The van der Waals surface area contributed by atoms with E-state index in [1.807, 2.05) is 19.9 Å². The molecule has 0 amide bonds. The third-order valence-corrected chi connectivity index (χ3v) is 4.35. The van der Waals surface area contributed by atoms with Gasteiger partial charge in [-0.1, -0.05) is 18.2 Å². The SMILES string of the molecule is Cc1cc2c(-c3ccc(F)cc3)c(C(=O)O)n(C)c(=O)c2cc1C. The van der Waals surface area contributed by atoms with E-state index in [-0.39, 0.29) is 11.3 Å². The first kappa shape index (κ1) is 15.9. The van der Waals surface area contributed by atoms with Crippen LogP contribution in [0.3, 0.4) is 0 Å². The predicted molar refractivity (Wildman–Crippen MR) is 91.0 cm³/mol. The molecule has 24 heavy (non-hydrogen) atoms. The maximum Gasteiger partial charge on any atom is 0.353 e. The zero-order valence-corrected chi connectivity index (χ0v) is 13.6. The highest BCUT2D eigenvalue weighted by Gasteiger charge is 2.21. The average Bonchev–Trinajstić information content (AvgIpc) is 2.53. The summed E-state index contributed by atoms with van der Waals surface area (Å²) in [6.45, 7) is 3.80. The molecule has 3 rings (SSSR count). The number of hydrogen-bond donors (Lipinski definition) is 1. The summed E-state index contributed by atoms with van der Waals surface area (Å²) in [5.74, 6) is -1.61. The highest BCUT2D eigenvalue weighted by Crippen LogP contribution is 2.32. The Hall–Kier alpha value is -2.95. The maximum absolute atomic E-state index is 13.3. The molecule has 1 aromatic heterocycles. The second kappa shape index (κ2) is 5.60. The molecule has 0 saturated heterocycles. The van der Waals surface area contributed by atoms with E-state index in [0.717, 1.165) is 15.7 Å². The van der Waals surface area contributed by atoms with E-state index < -0.39 is 11.8 Å². The van der Waals surface area contributed by atoms with E-state index >= 15 is 0 Å². The van der Waals surface area contributed by atoms with Gasteiger partial charge < -0.3 is 9.67 Å². The summed E-state index contributed by atoms with van der Waals surface area (Å²) in [6, 6.07) is 9.19. The fraction of sp³-hybridized carbons (Fsp3) is 0.158.